The topological polar surface area (TPSA) is 85.2 Å². The summed E-state index contributed by atoms with van der Waals surface area (Å²) in [5.41, 5.74) is 8.02. The van der Waals surface area contributed by atoms with Gasteiger partial charge in [0.25, 0.3) is 0 Å². The molecular formula is C21H36N4O2. The minimum Gasteiger partial charge on any atom is -0.375 e. The van der Waals surface area contributed by atoms with Crippen LogP contribution in [0, 0.1) is 17.3 Å². The predicted octanol–water partition coefficient (Wildman–Crippen LogP) is 3.63. The van der Waals surface area contributed by atoms with Crippen molar-refractivity contribution in [2.75, 3.05) is 19.8 Å². The Morgan fingerprint density at radius 2 is 2.19 bits per heavy atom. The van der Waals surface area contributed by atoms with Gasteiger partial charge in [-0.15, -0.1) is 0 Å². The van der Waals surface area contributed by atoms with Gasteiger partial charge in [0.2, 0.25) is 0 Å². The average Bonchev–Trinajstić information content (AvgIpc) is 3.16. The van der Waals surface area contributed by atoms with E-state index in [2.05, 4.69) is 49.5 Å². The summed E-state index contributed by atoms with van der Waals surface area (Å²) in [5, 5.41) is 7.37. The van der Waals surface area contributed by atoms with Crippen molar-refractivity contribution in [1.82, 2.24) is 15.6 Å². The molecule has 152 valence electrons. The fourth-order valence-electron chi connectivity index (χ4n) is 4.87. The van der Waals surface area contributed by atoms with E-state index in [1.54, 1.807) is 0 Å². The molecule has 0 bridgehead atoms. The fraction of sp³-hybridized carbons (Fsp3) is 0.762. The first-order valence-corrected chi connectivity index (χ1v) is 10.3. The number of nitrogens with zero attached hydrogens (tertiary/aromatic N) is 1. The van der Waals surface area contributed by atoms with Gasteiger partial charge in [-0.25, -0.2) is 0 Å². The van der Waals surface area contributed by atoms with Crippen molar-refractivity contribution in [1.29, 1.82) is 0 Å². The Morgan fingerprint density at radius 3 is 2.93 bits per heavy atom. The number of aromatic amines is 1. The monoisotopic (exact) mass is 376 g/mol. The van der Waals surface area contributed by atoms with E-state index in [1.165, 1.54) is 24.0 Å². The van der Waals surface area contributed by atoms with Crippen LogP contribution in [0.4, 0.5) is 0 Å². The van der Waals surface area contributed by atoms with Crippen molar-refractivity contribution < 1.29 is 9.47 Å². The lowest BCUT2D eigenvalue weighted by Gasteiger charge is -2.38. The van der Waals surface area contributed by atoms with Gasteiger partial charge in [0.15, 0.2) is 0 Å². The highest BCUT2D eigenvalue weighted by Gasteiger charge is 2.36. The molecule has 0 aromatic carbocycles. The summed E-state index contributed by atoms with van der Waals surface area (Å²) in [6.07, 6.45) is 6.55. The predicted molar refractivity (Wildman–Crippen MR) is 107 cm³/mol. The van der Waals surface area contributed by atoms with E-state index in [9.17, 15) is 0 Å². The standard InChI is InChI=1S/C21H36N4O2/c1-5-15(16-7-9-26-12-19(16)24-22)14(2)6-8-21(3,4)18-11-27-13-20-17(18)10-23-25-20/h10,14-15,18,24H,5-9,11-13,22H2,1-4H3,(H,23,25). The van der Waals surface area contributed by atoms with E-state index in [0.717, 1.165) is 37.4 Å². The molecule has 0 radical (unpaired) electrons. The van der Waals surface area contributed by atoms with Gasteiger partial charge >= 0.3 is 0 Å². The van der Waals surface area contributed by atoms with E-state index in [4.69, 9.17) is 15.3 Å². The third-order valence-electron chi connectivity index (χ3n) is 6.74. The van der Waals surface area contributed by atoms with E-state index >= 15 is 0 Å². The van der Waals surface area contributed by atoms with Crippen LogP contribution in [0.15, 0.2) is 17.5 Å². The summed E-state index contributed by atoms with van der Waals surface area (Å²) in [7, 11) is 0. The summed E-state index contributed by atoms with van der Waals surface area (Å²) in [6.45, 7) is 12.3. The lowest BCUT2D eigenvalue weighted by molar-refractivity contribution is 0.0474. The Balaban J connectivity index is 1.67. The number of hydrazine groups is 1. The van der Waals surface area contributed by atoms with Gasteiger partial charge in [-0.05, 0) is 48.5 Å². The molecule has 1 aromatic heterocycles. The molecule has 6 nitrogen and oxygen atoms in total. The normalized spacial score (nSPS) is 23.1. The molecule has 27 heavy (non-hydrogen) atoms. The number of H-pyrrole nitrogens is 1. The van der Waals surface area contributed by atoms with E-state index in [-0.39, 0.29) is 5.41 Å². The molecule has 0 spiro atoms. The number of nitrogens with two attached hydrogens (primary N) is 1. The molecule has 2 aliphatic rings. The number of nitrogens with one attached hydrogen (secondary N) is 2. The second kappa shape index (κ2) is 8.76. The van der Waals surface area contributed by atoms with Crippen molar-refractivity contribution in [2.45, 2.75) is 65.9 Å². The summed E-state index contributed by atoms with van der Waals surface area (Å²) < 4.78 is 11.4. The van der Waals surface area contributed by atoms with Crippen molar-refractivity contribution in [3.05, 3.63) is 28.7 Å². The summed E-state index contributed by atoms with van der Waals surface area (Å²) in [6, 6.07) is 0. The average molecular weight is 377 g/mol. The lowest BCUT2D eigenvalue weighted by Crippen LogP contribution is -2.33. The number of hydrogen-bond donors (Lipinski definition) is 3. The van der Waals surface area contributed by atoms with Crippen molar-refractivity contribution >= 4 is 0 Å². The van der Waals surface area contributed by atoms with Crippen LogP contribution in [0.2, 0.25) is 0 Å². The zero-order valence-corrected chi connectivity index (χ0v) is 17.3. The quantitative estimate of drug-likeness (QED) is 0.476. The third kappa shape index (κ3) is 4.39. The third-order valence-corrected chi connectivity index (χ3v) is 6.74. The SMILES string of the molecule is CCC(C1=C(NN)COCC1)C(C)CCC(C)(C)C1COCc2n[nH]cc21. The van der Waals surface area contributed by atoms with Gasteiger partial charge in [0, 0.05) is 17.7 Å². The van der Waals surface area contributed by atoms with Gasteiger partial charge in [-0.3, -0.25) is 10.9 Å². The van der Waals surface area contributed by atoms with Crippen LogP contribution in [0.5, 0.6) is 0 Å². The first-order valence-electron chi connectivity index (χ1n) is 10.3. The molecule has 3 atom stereocenters. The van der Waals surface area contributed by atoms with Crippen molar-refractivity contribution in [3.63, 3.8) is 0 Å². The second-order valence-electron chi connectivity index (χ2n) is 8.82. The summed E-state index contributed by atoms with van der Waals surface area (Å²) in [4.78, 5) is 0. The van der Waals surface area contributed by atoms with Crippen molar-refractivity contribution in [3.8, 4) is 0 Å². The van der Waals surface area contributed by atoms with Gasteiger partial charge in [0.1, 0.15) is 0 Å². The molecule has 0 fully saturated rings. The maximum absolute atomic E-state index is 5.83. The van der Waals surface area contributed by atoms with Gasteiger partial charge < -0.3 is 14.9 Å². The number of rotatable bonds is 8. The van der Waals surface area contributed by atoms with Crippen LogP contribution < -0.4 is 11.3 Å². The molecule has 3 unspecified atom stereocenters. The molecule has 0 amide bonds. The lowest BCUT2D eigenvalue weighted by atomic mass is 9.69. The molecule has 0 saturated carbocycles. The molecule has 4 N–H and O–H groups in total. The van der Waals surface area contributed by atoms with Crippen LogP contribution in [-0.2, 0) is 16.1 Å². The molecule has 6 heteroatoms. The van der Waals surface area contributed by atoms with Crippen LogP contribution >= 0.6 is 0 Å². The van der Waals surface area contributed by atoms with E-state index in [1.807, 2.05) is 0 Å². The molecule has 3 heterocycles. The van der Waals surface area contributed by atoms with Crippen LogP contribution in [0.3, 0.4) is 0 Å². The van der Waals surface area contributed by atoms with Crippen LogP contribution in [0.25, 0.3) is 0 Å². The Hall–Kier alpha value is -1.37. The Kier molecular flexibility index (Phi) is 6.61. The minimum absolute atomic E-state index is 0.171. The van der Waals surface area contributed by atoms with Crippen molar-refractivity contribution in [2.24, 2.45) is 23.1 Å². The number of hydrogen-bond acceptors (Lipinski definition) is 5. The van der Waals surface area contributed by atoms with Gasteiger partial charge in [0.05, 0.1) is 37.8 Å². The highest BCUT2D eigenvalue weighted by Crippen LogP contribution is 2.44. The zero-order chi connectivity index (χ0) is 19.4. The highest BCUT2D eigenvalue weighted by atomic mass is 16.5. The number of aromatic nitrogens is 2. The molecular weight excluding hydrogens is 340 g/mol. The number of ether oxygens (including phenoxy) is 2. The number of fused-ring (bicyclic) bond motifs is 1. The smallest absolute Gasteiger partial charge is 0.0915 e. The second-order valence-corrected chi connectivity index (χ2v) is 8.82. The van der Waals surface area contributed by atoms with E-state index in [0.29, 0.717) is 31.0 Å². The molecule has 1 aromatic rings. The largest absolute Gasteiger partial charge is 0.375 e. The first kappa shape index (κ1) is 20.4. The van der Waals surface area contributed by atoms with Crippen LogP contribution in [-0.4, -0.2) is 30.0 Å². The fourth-order valence-corrected chi connectivity index (χ4v) is 4.87. The maximum Gasteiger partial charge on any atom is 0.0915 e. The first-order chi connectivity index (χ1) is 13.0. The molecule has 0 saturated heterocycles. The summed E-state index contributed by atoms with van der Waals surface area (Å²) >= 11 is 0. The van der Waals surface area contributed by atoms with Crippen LogP contribution in [0.1, 0.15) is 70.6 Å². The molecule has 2 aliphatic heterocycles. The zero-order valence-electron chi connectivity index (χ0n) is 17.3. The Bertz CT molecular complexity index is 652. The molecule has 0 aliphatic carbocycles. The van der Waals surface area contributed by atoms with Gasteiger partial charge in [-0.1, -0.05) is 27.7 Å². The maximum atomic E-state index is 5.83. The Morgan fingerprint density at radius 1 is 1.37 bits per heavy atom. The molecule has 3 rings (SSSR count). The van der Waals surface area contributed by atoms with E-state index < -0.39 is 0 Å². The summed E-state index contributed by atoms with van der Waals surface area (Å²) in [5.74, 6) is 7.32. The Labute approximate surface area is 163 Å². The minimum atomic E-state index is 0.171. The van der Waals surface area contributed by atoms with Gasteiger partial charge in [-0.2, -0.15) is 5.10 Å². The highest BCUT2D eigenvalue weighted by molar-refractivity contribution is 5.25.